The predicted octanol–water partition coefficient (Wildman–Crippen LogP) is 1.51. The summed E-state index contributed by atoms with van der Waals surface area (Å²) in [4.78, 5) is 0. The van der Waals surface area contributed by atoms with Gasteiger partial charge in [0.05, 0.1) is 0 Å². The van der Waals surface area contributed by atoms with Gasteiger partial charge in [-0.3, -0.25) is 0 Å². The van der Waals surface area contributed by atoms with Crippen LogP contribution in [0.15, 0.2) is 11.8 Å². The van der Waals surface area contributed by atoms with Crippen LogP contribution in [0.1, 0.15) is 19.3 Å². The standard InChI is InChI=1S/C8H12F3NO3S/c1-12-6-2-4-7(5-3-6)15-16(13,14)8(9,10)11/h4,6,12H,2-3,5H2,1H3. The zero-order valence-electron chi connectivity index (χ0n) is 8.54. The summed E-state index contributed by atoms with van der Waals surface area (Å²) in [6, 6.07) is 0.154. The van der Waals surface area contributed by atoms with Crippen LogP contribution in [-0.4, -0.2) is 27.0 Å². The fourth-order valence-corrected chi connectivity index (χ4v) is 1.86. The Bertz CT molecular complexity index is 374. The normalized spacial score (nSPS) is 22.8. The lowest BCUT2D eigenvalue weighted by Crippen LogP contribution is -2.29. The lowest BCUT2D eigenvalue weighted by atomic mass is 10.0. The second kappa shape index (κ2) is 4.62. The van der Waals surface area contributed by atoms with E-state index >= 15 is 0 Å². The molecule has 1 aliphatic rings. The molecular formula is C8H12F3NO3S. The molecule has 0 aliphatic heterocycles. The minimum Gasteiger partial charge on any atom is -0.381 e. The molecule has 0 fully saturated rings. The molecule has 94 valence electrons. The van der Waals surface area contributed by atoms with Crippen LogP contribution in [0.3, 0.4) is 0 Å². The van der Waals surface area contributed by atoms with Crippen LogP contribution in [0.25, 0.3) is 0 Å². The zero-order chi connectivity index (χ0) is 12.4. The Morgan fingerprint density at radius 2 is 2.12 bits per heavy atom. The van der Waals surface area contributed by atoms with Gasteiger partial charge in [-0.05, 0) is 26.0 Å². The first kappa shape index (κ1) is 13.3. The van der Waals surface area contributed by atoms with Crippen molar-refractivity contribution in [3.8, 4) is 0 Å². The fraction of sp³-hybridized carbons (Fsp3) is 0.750. The quantitative estimate of drug-likeness (QED) is 0.616. The van der Waals surface area contributed by atoms with Crippen molar-refractivity contribution in [2.75, 3.05) is 7.05 Å². The second-order valence-corrected chi connectivity index (χ2v) is 4.95. The molecule has 0 aromatic heterocycles. The molecule has 0 aromatic carbocycles. The van der Waals surface area contributed by atoms with E-state index in [1.165, 1.54) is 6.08 Å². The number of nitrogens with one attached hydrogen (secondary N) is 1. The molecule has 0 aromatic rings. The Morgan fingerprint density at radius 1 is 1.50 bits per heavy atom. The van der Waals surface area contributed by atoms with Crippen molar-refractivity contribution in [3.63, 3.8) is 0 Å². The number of hydrogen-bond donors (Lipinski definition) is 1. The van der Waals surface area contributed by atoms with Gasteiger partial charge in [-0.15, -0.1) is 0 Å². The van der Waals surface area contributed by atoms with E-state index in [0.717, 1.165) is 0 Å². The summed E-state index contributed by atoms with van der Waals surface area (Å²) >= 11 is 0. The molecule has 0 radical (unpaired) electrons. The Kier molecular flexibility index (Phi) is 3.84. The summed E-state index contributed by atoms with van der Waals surface area (Å²) in [7, 11) is -3.78. The molecule has 0 amide bonds. The predicted molar refractivity (Wildman–Crippen MR) is 50.8 cm³/mol. The smallest absolute Gasteiger partial charge is 0.381 e. The van der Waals surface area contributed by atoms with Gasteiger partial charge >= 0.3 is 15.6 Å². The molecule has 1 rings (SSSR count). The Morgan fingerprint density at radius 3 is 2.50 bits per heavy atom. The third kappa shape index (κ3) is 3.11. The highest BCUT2D eigenvalue weighted by molar-refractivity contribution is 7.87. The Labute approximate surface area is 91.6 Å². The van der Waals surface area contributed by atoms with Gasteiger partial charge in [0.15, 0.2) is 0 Å². The second-order valence-electron chi connectivity index (χ2n) is 3.41. The topological polar surface area (TPSA) is 55.4 Å². The van der Waals surface area contributed by atoms with Crippen LogP contribution in [0, 0.1) is 0 Å². The molecule has 1 N–H and O–H groups in total. The van der Waals surface area contributed by atoms with E-state index in [9.17, 15) is 21.6 Å². The van der Waals surface area contributed by atoms with Crippen molar-refractivity contribution in [1.82, 2.24) is 5.32 Å². The highest BCUT2D eigenvalue weighted by Gasteiger charge is 2.48. The van der Waals surface area contributed by atoms with Crippen LogP contribution in [0.5, 0.6) is 0 Å². The lowest BCUT2D eigenvalue weighted by molar-refractivity contribution is -0.0524. The van der Waals surface area contributed by atoms with Gasteiger partial charge in [0.1, 0.15) is 5.76 Å². The molecular weight excluding hydrogens is 247 g/mol. The van der Waals surface area contributed by atoms with E-state index in [1.807, 2.05) is 0 Å². The van der Waals surface area contributed by atoms with Crippen molar-refractivity contribution >= 4 is 10.1 Å². The van der Waals surface area contributed by atoms with Gasteiger partial charge in [-0.25, -0.2) is 0 Å². The number of allylic oxidation sites excluding steroid dienone is 1. The maximum atomic E-state index is 12.0. The highest BCUT2D eigenvalue weighted by atomic mass is 32.2. The molecule has 0 saturated heterocycles. The third-order valence-corrected chi connectivity index (χ3v) is 3.28. The average molecular weight is 259 g/mol. The first-order valence-corrected chi connectivity index (χ1v) is 6.04. The van der Waals surface area contributed by atoms with Crippen molar-refractivity contribution < 1.29 is 25.8 Å². The molecule has 1 unspecified atom stereocenters. The first-order valence-electron chi connectivity index (χ1n) is 4.63. The summed E-state index contributed by atoms with van der Waals surface area (Å²) in [5, 5.41) is 2.95. The van der Waals surface area contributed by atoms with Gasteiger partial charge in [-0.2, -0.15) is 21.6 Å². The van der Waals surface area contributed by atoms with Gasteiger partial charge in [0, 0.05) is 12.5 Å². The zero-order valence-corrected chi connectivity index (χ0v) is 9.36. The molecule has 0 bridgehead atoms. The van der Waals surface area contributed by atoms with Crippen LogP contribution in [0.4, 0.5) is 13.2 Å². The maximum absolute atomic E-state index is 12.0. The molecule has 0 saturated carbocycles. The maximum Gasteiger partial charge on any atom is 0.534 e. The third-order valence-electron chi connectivity index (χ3n) is 2.28. The largest absolute Gasteiger partial charge is 0.534 e. The highest BCUT2D eigenvalue weighted by Crippen LogP contribution is 2.29. The monoisotopic (exact) mass is 259 g/mol. The molecule has 1 atom stereocenters. The van der Waals surface area contributed by atoms with Crippen molar-refractivity contribution in [3.05, 3.63) is 11.8 Å². The minimum absolute atomic E-state index is 0.135. The fourth-order valence-electron chi connectivity index (χ4n) is 1.34. The van der Waals surface area contributed by atoms with Gasteiger partial charge in [0.2, 0.25) is 0 Å². The SMILES string of the molecule is CNC1CC=C(OS(=O)(=O)C(F)(F)F)CC1. The molecule has 4 nitrogen and oxygen atoms in total. The molecule has 8 heteroatoms. The summed E-state index contributed by atoms with van der Waals surface area (Å²) in [5.74, 6) is -0.135. The van der Waals surface area contributed by atoms with E-state index in [2.05, 4.69) is 9.50 Å². The van der Waals surface area contributed by atoms with E-state index < -0.39 is 15.6 Å². The average Bonchev–Trinajstić information content (AvgIpc) is 2.16. The van der Waals surface area contributed by atoms with Crippen molar-refractivity contribution in [2.24, 2.45) is 0 Å². The van der Waals surface area contributed by atoms with E-state index in [4.69, 9.17) is 0 Å². The van der Waals surface area contributed by atoms with E-state index in [0.29, 0.717) is 12.8 Å². The molecule has 0 spiro atoms. The van der Waals surface area contributed by atoms with Crippen LogP contribution in [-0.2, 0) is 14.3 Å². The van der Waals surface area contributed by atoms with Crippen LogP contribution in [0.2, 0.25) is 0 Å². The van der Waals surface area contributed by atoms with Crippen molar-refractivity contribution in [1.29, 1.82) is 0 Å². The molecule has 0 heterocycles. The summed E-state index contributed by atoms with van der Waals surface area (Å²) in [6.07, 6.45) is 2.56. The van der Waals surface area contributed by atoms with Crippen LogP contribution < -0.4 is 5.32 Å². The Hall–Kier alpha value is -0.760. The van der Waals surface area contributed by atoms with Gasteiger partial charge in [-0.1, -0.05) is 0 Å². The summed E-state index contributed by atoms with van der Waals surface area (Å²) in [6.45, 7) is 0. The summed E-state index contributed by atoms with van der Waals surface area (Å²) < 4.78 is 61.3. The number of halogens is 3. The number of alkyl halides is 3. The van der Waals surface area contributed by atoms with Crippen LogP contribution >= 0.6 is 0 Å². The number of rotatable bonds is 3. The van der Waals surface area contributed by atoms with E-state index in [-0.39, 0.29) is 18.2 Å². The minimum atomic E-state index is -5.51. The Balaban J connectivity index is 2.67. The summed E-state index contributed by atoms with van der Waals surface area (Å²) in [5.41, 5.74) is -5.37. The molecule has 16 heavy (non-hydrogen) atoms. The molecule has 1 aliphatic carbocycles. The van der Waals surface area contributed by atoms with Crippen molar-refractivity contribution in [2.45, 2.75) is 30.8 Å². The van der Waals surface area contributed by atoms with Gasteiger partial charge < -0.3 is 9.50 Å². The van der Waals surface area contributed by atoms with E-state index in [1.54, 1.807) is 7.05 Å². The number of hydrogen-bond acceptors (Lipinski definition) is 4. The lowest BCUT2D eigenvalue weighted by Gasteiger charge is -2.21. The first-order chi connectivity index (χ1) is 7.26. The van der Waals surface area contributed by atoms with Gasteiger partial charge in [0.25, 0.3) is 0 Å².